The molecule has 25 heavy (non-hydrogen) atoms. The highest BCUT2D eigenvalue weighted by Gasteiger charge is 2.28. The average molecular weight is 374 g/mol. The van der Waals surface area contributed by atoms with Crippen LogP contribution in [0.15, 0.2) is 64.2 Å². The number of amidine groups is 1. The number of aliphatic imine (C=N–C) groups is 1. The van der Waals surface area contributed by atoms with E-state index in [1.165, 1.54) is 0 Å². The SMILES string of the molecule is COc1cccc(C2CN=C(NC3C=CC=CC3Cl)C(Cl)=C2C#N)c1. The Morgan fingerprint density at radius 3 is 2.84 bits per heavy atom. The molecular formula is C19H17Cl2N3O. The minimum absolute atomic E-state index is 0.118. The van der Waals surface area contributed by atoms with Crippen molar-refractivity contribution in [3.8, 4) is 11.8 Å². The third-order valence-corrected chi connectivity index (χ3v) is 5.01. The van der Waals surface area contributed by atoms with Gasteiger partial charge in [-0.15, -0.1) is 11.6 Å². The normalized spacial score (nSPS) is 25.4. The minimum Gasteiger partial charge on any atom is -0.497 e. The summed E-state index contributed by atoms with van der Waals surface area (Å²) < 4.78 is 5.27. The molecule has 3 rings (SSSR count). The highest BCUT2D eigenvalue weighted by molar-refractivity contribution is 6.44. The van der Waals surface area contributed by atoms with Crippen LogP contribution >= 0.6 is 23.2 Å². The van der Waals surface area contributed by atoms with Crippen LogP contribution in [0.2, 0.25) is 0 Å². The van der Waals surface area contributed by atoms with Gasteiger partial charge in [-0.2, -0.15) is 5.26 Å². The Kier molecular flexibility index (Phi) is 5.47. The maximum absolute atomic E-state index is 9.64. The van der Waals surface area contributed by atoms with Crippen molar-refractivity contribution in [2.45, 2.75) is 17.3 Å². The van der Waals surface area contributed by atoms with Crippen molar-refractivity contribution in [1.29, 1.82) is 5.26 Å². The molecule has 3 unspecified atom stereocenters. The maximum atomic E-state index is 9.64. The lowest BCUT2D eigenvalue weighted by Gasteiger charge is -2.27. The summed E-state index contributed by atoms with van der Waals surface area (Å²) >= 11 is 12.8. The average Bonchev–Trinajstić information content (AvgIpc) is 2.65. The van der Waals surface area contributed by atoms with Gasteiger partial charge in [-0.3, -0.25) is 4.99 Å². The number of nitriles is 1. The predicted molar refractivity (Wildman–Crippen MR) is 101 cm³/mol. The van der Waals surface area contributed by atoms with Crippen LogP contribution in [-0.4, -0.2) is 30.9 Å². The number of ether oxygens (including phenoxy) is 1. The van der Waals surface area contributed by atoms with Crippen LogP contribution in [-0.2, 0) is 0 Å². The second kappa shape index (κ2) is 7.77. The lowest BCUT2D eigenvalue weighted by Crippen LogP contribution is -2.41. The van der Waals surface area contributed by atoms with Crippen LogP contribution in [0.3, 0.4) is 0 Å². The Balaban J connectivity index is 1.85. The molecule has 1 N–H and O–H groups in total. The summed E-state index contributed by atoms with van der Waals surface area (Å²) in [6.45, 7) is 0.438. The molecule has 1 aromatic rings. The van der Waals surface area contributed by atoms with Crippen LogP contribution in [0.1, 0.15) is 11.5 Å². The predicted octanol–water partition coefficient (Wildman–Crippen LogP) is 3.90. The van der Waals surface area contributed by atoms with Gasteiger partial charge in [-0.25, -0.2) is 0 Å². The zero-order valence-corrected chi connectivity index (χ0v) is 15.1. The van der Waals surface area contributed by atoms with E-state index in [0.29, 0.717) is 23.0 Å². The Bertz CT molecular complexity index is 820. The third-order valence-electron chi connectivity index (χ3n) is 4.21. The fourth-order valence-corrected chi connectivity index (χ4v) is 3.37. The number of benzene rings is 1. The van der Waals surface area contributed by atoms with E-state index < -0.39 is 0 Å². The topological polar surface area (TPSA) is 57.4 Å². The largest absolute Gasteiger partial charge is 0.497 e. The number of hydrogen-bond acceptors (Lipinski definition) is 4. The molecule has 0 fully saturated rings. The zero-order chi connectivity index (χ0) is 17.8. The van der Waals surface area contributed by atoms with Crippen LogP contribution < -0.4 is 10.1 Å². The molecule has 1 aromatic carbocycles. The Morgan fingerprint density at radius 1 is 1.32 bits per heavy atom. The summed E-state index contributed by atoms with van der Waals surface area (Å²) in [5.74, 6) is 1.06. The number of nitrogens with one attached hydrogen (secondary N) is 1. The summed E-state index contributed by atoms with van der Waals surface area (Å²) in [4.78, 5) is 4.56. The number of rotatable bonds is 3. The third kappa shape index (κ3) is 3.73. The molecule has 1 aliphatic carbocycles. The standard InChI is InChI=1S/C19H17Cl2N3O/c1-25-13-6-4-5-12(9-13)15-11-23-19(18(21)14(15)10-22)24-17-8-3-2-7-16(17)20/h2-9,15-17H,11H2,1H3,(H,23,24). The number of allylic oxidation sites excluding steroid dienone is 2. The van der Waals surface area contributed by atoms with Crippen LogP contribution in [0.5, 0.6) is 5.75 Å². The molecule has 0 saturated heterocycles. The van der Waals surface area contributed by atoms with E-state index in [4.69, 9.17) is 27.9 Å². The number of halogens is 2. The lowest BCUT2D eigenvalue weighted by molar-refractivity contribution is 0.414. The van der Waals surface area contributed by atoms with Crippen molar-refractivity contribution >= 4 is 29.0 Å². The van der Waals surface area contributed by atoms with Crippen molar-refractivity contribution in [3.63, 3.8) is 0 Å². The first-order valence-electron chi connectivity index (χ1n) is 7.88. The first kappa shape index (κ1) is 17.6. The molecule has 0 amide bonds. The number of nitrogens with zero attached hydrogens (tertiary/aromatic N) is 2. The van der Waals surface area contributed by atoms with E-state index >= 15 is 0 Å². The van der Waals surface area contributed by atoms with Gasteiger partial charge >= 0.3 is 0 Å². The summed E-state index contributed by atoms with van der Waals surface area (Å²) in [6, 6.07) is 9.74. The second-order valence-corrected chi connectivity index (χ2v) is 6.62. The molecular weight excluding hydrogens is 357 g/mol. The van der Waals surface area contributed by atoms with Crippen LogP contribution in [0.4, 0.5) is 0 Å². The molecule has 0 spiro atoms. The first-order valence-corrected chi connectivity index (χ1v) is 8.69. The highest BCUT2D eigenvalue weighted by Crippen LogP contribution is 2.33. The number of dihydropyridines is 1. The Labute approximate surface area is 157 Å². The molecule has 0 bridgehead atoms. The minimum atomic E-state index is -0.196. The van der Waals surface area contributed by atoms with Gasteiger partial charge in [0.1, 0.15) is 11.6 Å². The van der Waals surface area contributed by atoms with E-state index in [9.17, 15) is 5.26 Å². The molecule has 2 aliphatic rings. The van der Waals surface area contributed by atoms with E-state index in [0.717, 1.165) is 11.3 Å². The molecule has 128 valence electrons. The van der Waals surface area contributed by atoms with Gasteiger partial charge in [0.05, 0.1) is 41.7 Å². The smallest absolute Gasteiger partial charge is 0.141 e. The first-order chi connectivity index (χ1) is 12.1. The van der Waals surface area contributed by atoms with E-state index in [-0.39, 0.29) is 17.3 Å². The molecule has 1 heterocycles. The van der Waals surface area contributed by atoms with Crippen molar-refractivity contribution < 1.29 is 4.74 Å². The van der Waals surface area contributed by atoms with Crippen LogP contribution in [0, 0.1) is 11.3 Å². The quantitative estimate of drug-likeness (QED) is 0.817. The lowest BCUT2D eigenvalue weighted by atomic mass is 9.89. The van der Waals surface area contributed by atoms with Crippen molar-refractivity contribution in [3.05, 3.63) is 64.7 Å². The van der Waals surface area contributed by atoms with E-state index in [1.807, 2.05) is 48.6 Å². The fraction of sp³-hybridized carbons (Fsp3) is 0.263. The summed E-state index contributed by atoms with van der Waals surface area (Å²) in [5.41, 5.74) is 1.45. The van der Waals surface area contributed by atoms with Gasteiger partial charge in [-0.05, 0) is 17.7 Å². The second-order valence-electron chi connectivity index (χ2n) is 5.74. The number of alkyl halides is 1. The molecule has 0 saturated carbocycles. The van der Waals surface area contributed by atoms with Gasteiger partial charge in [0, 0.05) is 5.92 Å². The van der Waals surface area contributed by atoms with E-state index in [2.05, 4.69) is 16.4 Å². The van der Waals surface area contributed by atoms with E-state index in [1.54, 1.807) is 7.11 Å². The van der Waals surface area contributed by atoms with Gasteiger partial charge in [0.25, 0.3) is 0 Å². The fourth-order valence-electron chi connectivity index (χ4n) is 2.86. The Hall–Kier alpha value is -2.22. The molecule has 0 aromatic heterocycles. The number of methoxy groups -OCH3 is 1. The highest BCUT2D eigenvalue weighted by atomic mass is 35.5. The maximum Gasteiger partial charge on any atom is 0.141 e. The van der Waals surface area contributed by atoms with Crippen molar-refractivity contribution in [2.75, 3.05) is 13.7 Å². The Morgan fingerprint density at radius 2 is 2.12 bits per heavy atom. The van der Waals surface area contributed by atoms with Gasteiger partial charge < -0.3 is 10.1 Å². The van der Waals surface area contributed by atoms with Crippen molar-refractivity contribution in [2.24, 2.45) is 4.99 Å². The number of hydrogen-bond donors (Lipinski definition) is 1. The van der Waals surface area contributed by atoms with Gasteiger partial charge in [-0.1, -0.05) is 48.0 Å². The molecule has 3 atom stereocenters. The zero-order valence-electron chi connectivity index (χ0n) is 13.6. The van der Waals surface area contributed by atoms with Crippen LogP contribution in [0.25, 0.3) is 0 Å². The van der Waals surface area contributed by atoms with Gasteiger partial charge in [0.2, 0.25) is 0 Å². The summed E-state index contributed by atoms with van der Waals surface area (Å²) in [5, 5.41) is 13.0. The molecule has 0 radical (unpaired) electrons. The molecule has 4 nitrogen and oxygen atoms in total. The molecule has 1 aliphatic heterocycles. The van der Waals surface area contributed by atoms with Crippen molar-refractivity contribution in [1.82, 2.24) is 5.32 Å². The molecule has 6 heteroatoms. The van der Waals surface area contributed by atoms with Gasteiger partial charge in [0.15, 0.2) is 0 Å². The summed E-state index contributed by atoms with van der Waals surface area (Å²) in [6.07, 6.45) is 7.66. The summed E-state index contributed by atoms with van der Waals surface area (Å²) in [7, 11) is 1.61. The monoisotopic (exact) mass is 373 g/mol.